The zero-order chi connectivity index (χ0) is 26.5. The molecule has 0 aliphatic carbocycles. The van der Waals surface area contributed by atoms with Crippen molar-refractivity contribution in [1.29, 1.82) is 0 Å². The Kier molecular flexibility index (Phi) is 8.98. The molecule has 2 aromatic rings. The Morgan fingerprint density at radius 1 is 1.35 bits per heavy atom. The molecule has 2 aliphatic heterocycles. The first kappa shape index (κ1) is 27.3. The highest BCUT2D eigenvalue weighted by Gasteiger charge is 2.54. The molecule has 14 nitrogen and oxygen atoms in total. The van der Waals surface area contributed by atoms with Gasteiger partial charge in [0.05, 0.1) is 0 Å². The molecule has 4 heterocycles. The average Bonchev–Trinajstić information content (AvgIpc) is 3.53. The van der Waals surface area contributed by atoms with Gasteiger partial charge in [-0.15, -0.1) is 33.3 Å². The van der Waals surface area contributed by atoms with Crippen molar-refractivity contribution in [3.63, 3.8) is 0 Å². The number of hydrogen-bond acceptors (Lipinski definition) is 15. The molecule has 0 bridgehead atoms. The molecule has 1 fully saturated rings. The van der Waals surface area contributed by atoms with Gasteiger partial charge in [0, 0.05) is 23.4 Å². The third kappa shape index (κ3) is 6.04. The number of carboxylic acids is 1. The van der Waals surface area contributed by atoms with Gasteiger partial charge in [-0.25, -0.2) is 9.78 Å². The Labute approximate surface area is 227 Å². The van der Waals surface area contributed by atoms with Crippen LogP contribution in [0, 0.1) is 0 Å². The first-order chi connectivity index (χ1) is 17.8. The molecular weight excluding hydrogens is 563 g/mol. The number of carbonyl (C=O) groups is 3. The first-order valence-corrected chi connectivity index (χ1v) is 14.5. The number of nitrogens with one attached hydrogen (secondary N) is 1. The van der Waals surface area contributed by atoms with Gasteiger partial charge in [0.15, 0.2) is 15.2 Å². The lowest BCUT2D eigenvalue weighted by Crippen LogP contribution is -2.71. The van der Waals surface area contributed by atoms with Crippen LogP contribution in [-0.4, -0.2) is 84.8 Å². The molecule has 2 atom stereocenters. The van der Waals surface area contributed by atoms with Crippen molar-refractivity contribution in [2.45, 2.75) is 28.7 Å². The molecule has 4 rings (SSSR count). The number of aliphatic carboxylic acids is 1. The quantitative estimate of drug-likeness (QED) is 0.0706. The van der Waals surface area contributed by atoms with Gasteiger partial charge in [0.1, 0.15) is 34.4 Å². The monoisotopic (exact) mass is 585 g/mol. The predicted octanol–water partition coefficient (Wildman–Crippen LogP) is -0.364. The highest BCUT2D eigenvalue weighted by Crippen LogP contribution is 2.41. The number of anilines is 1. The lowest BCUT2D eigenvalue weighted by atomic mass is 10.0. The molecule has 0 saturated carbocycles. The summed E-state index contributed by atoms with van der Waals surface area (Å²) in [7, 11) is 0. The van der Waals surface area contributed by atoms with Crippen molar-refractivity contribution in [3.05, 3.63) is 27.4 Å². The predicted molar refractivity (Wildman–Crippen MR) is 141 cm³/mol. The zero-order valence-electron chi connectivity index (χ0n) is 19.2. The lowest BCUT2D eigenvalue weighted by Gasteiger charge is -2.49. The third-order valence-electron chi connectivity index (χ3n) is 5.10. The number of nitrogens with zero attached hydrogens (tertiary/aromatic N) is 5. The summed E-state index contributed by atoms with van der Waals surface area (Å²) in [6, 6.07) is -0.943. The van der Waals surface area contributed by atoms with Gasteiger partial charge < -0.3 is 32.5 Å². The summed E-state index contributed by atoms with van der Waals surface area (Å²) >= 11 is 5.15. The number of hydrogen-bond donors (Lipinski definition) is 5. The summed E-state index contributed by atoms with van der Waals surface area (Å²) in [6.07, 6.45) is 0.532. The first-order valence-electron chi connectivity index (χ1n) is 10.8. The van der Waals surface area contributed by atoms with E-state index in [1.807, 2.05) is 0 Å². The summed E-state index contributed by atoms with van der Waals surface area (Å²) in [5.41, 5.74) is 17.3. The Morgan fingerprint density at radius 3 is 2.81 bits per heavy atom. The fraction of sp³-hybridized carbons (Fsp3) is 0.421. The van der Waals surface area contributed by atoms with Gasteiger partial charge in [-0.2, -0.15) is 0 Å². The number of fused-ring (bicyclic) bond motifs is 1. The summed E-state index contributed by atoms with van der Waals surface area (Å²) in [4.78, 5) is 48.6. The van der Waals surface area contributed by atoms with Gasteiger partial charge in [-0.05, 0) is 18.5 Å². The fourth-order valence-electron chi connectivity index (χ4n) is 3.39. The maximum Gasteiger partial charge on any atom is 0.352 e. The normalized spacial score (nSPS) is 19.5. The van der Waals surface area contributed by atoms with Gasteiger partial charge >= 0.3 is 5.97 Å². The van der Waals surface area contributed by atoms with E-state index in [1.165, 1.54) is 39.8 Å². The number of amides is 2. The van der Waals surface area contributed by atoms with Crippen molar-refractivity contribution < 1.29 is 24.3 Å². The molecule has 0 radical (unpaired) electrons. The zero-order valence-corrected chi connectivity index (χ0v) is 22.4. The SMILES string of the molecule is NCCCON=C(C(=O)NC1C(=O)N2C(C(=O)O)=C(CSc3nnc(CN)s3)CS[C@H]12)c1csc(N)n1. The number of rotatable bonds is 12. The highest BCUT2D eigenvalue weighted by atomic mass is 32.2. The Morgan fingerprint density at radius 2 is 2.16 bits per heavy atom. The highest BCUT2D eigenvalue weighted by molar-refractivity contribution is 8.01. The number of thiazole rings is 1. The number of oxime groups is 1. The second-order valence-electron chi connectivity index (χ2n) is 7.56. The lowest BCUT2D eigenvalue weighted by molar-refractivity contribution is -0.150. The number of nitrogens with two attached hydrogens (primary N) is 3. The number of β-lactam (4-membered cyclic amide) rings is 1. The van der Waals surface area contributed by atoms with Crippen molar-refractivity contribution in [3.8, 4) is 0 Å². The standard InChI is InChI=1S/C19H23N9O5S4/c20-2-1-3-33-27-11(9-7-35-18(22)23-9)14(29)24-12-15(30)28-13(17(31)32)8(5-34-16(12)28)6-36-19-26-25-10(4-21)37-19/h7,12,16H,1-6,20-21H2,(H2,22,23)(H,24,29)(H,31,32)/t12?,16-/m1/s1. The van der Waals surface area contributed by atoms with E-state index in [0.717, 1.165) is 11.3 Å². The maximum atomic E-state index is 13.1. The van der Waals surface area contributed by atoms with Crippen molar-refractivity contribution in [1.82, 2.24) is 25.4 Å². The minimum atomic E-state index is -1.22. The van der Waals surface area contributed by atoms with E-state index in [-0.39, 0.29) is 35.4 Å². The topological polar surface area (TPSA) is 225 Å². The largest absolute Gasteiger partial charge is 0.477 e. The van der Waals surface area contributed by atoms with Crippen LogP contribution >= 0.6 is 46.2 Å². The van der Waals surface area contributed by atoms with E-state index in [2.05, 4.69) is 25.7 Å². The Balaban J connectivity index is 1.46. The van der Waals surface area contributed by atoms with E-state index < -0.39 is 29.2 Å². The molecule has 2 aliphatic rings. The van der Waals surface area contributed by atoms with Gasteiger partial charge in [-0.1, -0.05) is 28.3 Å². The van der Waals surface area contributed by atoms with E-state index in [9.17, 15) is 19.5 Å². The molecule has 1 saturated heterocycles. The van der Waals surface area contributed by atoms with Crippen molar-refractivity contribution >= 4 is 74.8 Å². The van der Waals surface area contributed by atoms with Gasteiger partial charge in [-0.3, -0.25) is 14.5 Å². The van der Waals surface area contributed by atoms with Crippen LogP contribution in [0.4, 0.5) is 5.13 Å². The molecule has 8 N–H and O–H groups in total. The molecule has 2 aromatic heterocycles. The van der Waals surface area contributed by atoms with Crippen LogP contribution in [0.3, 0.4) is 0 Å². The number of carbonyl (C=O) groups excluding carboxylic acids is 2. The van der Waals surface area contributed by atoms with Crippen LogP contribution in [0.5, 0.6) is 0 Å². The second kappa shape index (κ2) is 12.2. The average molecular weight is 586 g/mol. The number of nitrogen functional groups attached to an aromatic ring is 1. The van der Waals surface area contributed by atoms with Crippen LogP contribution in [-0.2, 0) is 25.8 Å². The molecule has 1 unspecified atom stereocenters. The minimum absolute atomic E-state index is 0.0819. The van der Waals surface area contributed by atoms with E-state index in [0.29, 0.717) is 39.4 Å². The van der Waals surface area contributed by atoms with E-state index >= 15 is 0 Å². The van der Waals surface area contributed by atoms with Crippen molar-refractivity contribution in [2.24, 2.45) is 16.6 Å². The fourth-order valence-corrected chi connectivity index (χ4v) is 7.20. The summed E-state index contributed by atoms with van der Waals surface area (Å²) in [6.45, 7) is 0.859. The molecular formula is C19H23N9O5S4. The number of thioether (sulfide) groups is 2. The molecule has 198 valence electrons. The number of carboxylic acid groups (broad SMARTS) is 1. The smallest absolute Gasteiger partial charge is 0.352 e. The van der Waals surface area contributed by atoms with E-state index in [1.54, 1.807) is 5.38 Å². The van der Waals surface area contributed by atoms with Crippen LogP contribution in [0.2, 0.25) is 0 Å². The molecule has 0 spiro atoms. The van der Waals surface area contributed by atoms with Crippen LogP contribution < -0.4 is 22.5 Å². The van der Waals surface area contributed by atoms with Crippen LogP contribution in [0.25, 0.3) is 0 Å². The Bertz CT molecular complexity index is 1250. The molecule has 0 aromatic carbocycles. The van der Waals surface area contributed by atoms with Gasteiger partial charge in [0.25, 0.3) is 11.8 Å². The van der Waals surface area contributed by atoms with E-state index in [4.69, 9.17) is 22.0 Å². The second-order valence-corrected chi connectivity index (χ2v) is 11.8. The Hall–Kier alpha value is -2.77. The summed E-state index contributed by atoms with van der Waals surface area (Å²) in [5, 5.41) is 26.3. The summed E-state index contributed by atoms with van der Waals surface area (Å²) < 4.78 is 0.660. The van der Waals surface area contributed by atoms with Crippen LogP contribution in [0.15, 0.2) is 26.1 Å². The molecule has 37 heavy (non-hydrogen) atoms. The molecule has 2 amide bonds. The number of aromatic nitrogens is 3. The third-order valence-corrected chi connectivity index (χ3v) is 9.28. The van der Waals surface area contributed by atoms with Crippen LogP contribution in [0.1, 0.15) is 17.1 Å². The summed E-state index contributed by atoms with van der Waals surface area (Å²) in [5.74, 6) is -1.75. The minimum Gasteiger partial charge on any atom is -0.477 e. The molecule has 18 heteroatoms. The van der Waals surface area contributed by atoms with Crippen molar-refractivity contribution in [2.75, 3.05) is 30.4 Å². The van der Waals surface area contributed by atoms with Gasteiger partial charge in [0.2, 0.25) is 0 Å². The maximum absolute atomic E-state index is 13.1.